The van der Waals surface area contributed by atoms with Crippen LogP contribution < -0.4 is 5.30 Å². The lowest BCUT2D eigenvalue weighted by Crippen LogP contribution is -2.20. The van der Waals surface area contributed by atoms with Gasteiger partial charge in [0.25, 0.3) is 0 Å². The Morgan fingerprint density at radius 1 is 1.17 bits per heavy atom. The summed E-state index contributed by atoms with van der Waals surface area (Å²) in [7, 11) is -2.20. The third kappa shape index (κ3) is 4.08. The summed E-state index contributed by atoms with van der Waals surface area (Å²) in [5, 5.41) is 0.652. The second-order valence-electron chi connectivity index (χ2n) is 5.61. The monoisotopic (exact) mass is 268 g/mol. The van der Waals surface area contributed by atoms with Crippen molar-refractivity contribution in [2.75, 3.05) is 0 Å². The van der Waals surface area contributed by atoms with Gasteiger partial charge in [-0.25, -0.2) is 0 Å². The first-order valence-electron chi connectivity index (χ1n) is 6.07. The van der Waals surface area contributed by atoms with Crippen molar-refractivity contribution < 1.29 is 13.9 Å². The van der Waals surface area contributed by atoms with Crippen LogP contribution in [0.1, 0.15) is 45.0 Å². The van der Waals surface area contributed by atoms with Crippen LogP contribution >= 0.6 is 8.03 Å². The number of Topliss-reactive ketones (excluding diaryl/α,β-unsaturated/α-hetero) is 1. The molecule has 1 aromatic carbocycles. The molecule has 1 atom stereocenters. The van der Waals surface area contributed by atoms with Crippen LogP contribution in [0, 0.1) is 5.41 Å². The van der Waals surface area contributed by atoms with Crippen LogP contribution in [0.15, 0.2) is 24.3 Å². The molecule has 0 aromatic heterocycles. The molecule has 0 aliphatic rings. The summed E-state index contributed by atoms with van der Waals surface area (Å²) in [5.41, 5.74) is 0.242. The summed E-state index contributed by atoms with van der Waals surface area (Å²) in [6.45, 7) is 9.34. The molecule has 0 aliphatic heterocycles. The number of ketones is 1. The average Bonchev–Trinajstić information content (AvgIpc) is 2.26. The molecule has 0 spiro atoms. The Bertz CT molecular complexity index is 441. The summed E-state index contributed by atoms with van der Waals surface area (Å²) < 4.78 is 17.1. The van der Waals surface area contributed by atoms with Gasteiger partial charge in [0.2, 0.25) is 8.03 Å². The molecule has 3 nitrogen and oxygen atoms in total. The fourth-order valence-corrected chi connectivity index (χ4v) is 2.48. The van der Waals surface area contributed by atoms with Gasteiger partial charge in [-0.3, -0.25) is 9.36 Å². The summed E-state index contributed by atoms with van der Waals surface area (Å²) in [6.07, 6.45) is -0.0627. The van der Waals surface area contributed by atoms with Crippen molar-refractivity contribution in [1.82, 2.24) is 0 Å². The Hall–Kier alpha value is -0.920. The van der Waals surface area contributed by atoms with Crippen LogP contribution in [-0.4, -0.2) is 11.9 Å². The zero-order chi connectivity index (χ0) is 13.9. The van der Waals surface area contributed by atoms with Crippen molar-refractivity contribution >= 4 is 19.1 Å². The number of benzene rings is 1. The molecule has 0 aliphatic carbocycles. The molecule has 4 heteroatoms. The number of carbonyl (C=O) groups is 1. The predicted molar refractivity (Wildman–Crippen MR) is 75.1 cm³/mol. The lowest BCUT2D eigenvalue weighted by atomic mass is 9.87. The van der Waals surface area contributed by atoms with Gasteiger partial charge in [0, 0.05) is 16.3 Å². The van der Waals surface area contributed by atoms with E-state index in [9.17, 15) is 9.36 Å². The number of hydrogen-bond acceptors (Lipinski definition) is 3. The molecule has 1 aromatic rings. The minimum atomic E-state index is -2.20. The van der Waals surface area contributed by atoms with E-state index >= 15 is 0 Å². The maximum atomic E-state index is 12.0. The molecule has 0 fully saturated rings. The van der Waals surface area contributed by atoms with E-state index in [1.165, 1.54) is 0 Å². The number of carbonyl (C=O) groups excluding carboxylic acids is 1. The molecular weight excluding hydrogens is 247 g/mol. The molecule has 1 rings (SSSR count). The van der Waals surface area contributed by atoms with Crippen molar-refractivity contribution in [2.45, 2.75) is 40.7 Å². The van der Waals surface area contributed by atoms with Gasteiger partial charge in [-0.2, -0.15) is 0 Å². The second-order valence-corrected chi connectivity index (χ2v) is 7.00. The molecule has 100 valence electrons. The Morgan fingerprint density at radius 2 is 1.67 bits per heavy atom. The van der Waals surface area contributed by atoms with E-state index in [1.54, 1.807) is 24.3 Å². The summed E-state index contributed by atoms with van der Waals surface area (Å²) in [4.78, 5) is 12.0. The normalized spacial score (nSPS) is 13.7. The summed E-state index contributed by atoms with van der Waals surface area (Å²) in [5.74, 6) is 0.0819. The van der Waals surface area contributed by atoms with E-state index in [2.05, 4.69) is 0 Å². The second kappa shape index (κ2) is 5.81. The lowest BCUT2D eigenvalue weighted by Gasteiger charge is -2.16. The molecule has 18 heavy (non-hydrogen) atoms. The third-order valence-corrected chi connectivity index (χ3v) is 3.90. The average molecular weight is 268 g/mol. The van der Waals surface area contributed by atoms with Crippen molar-refractivity contribution in [3.8, 4) is 0 Å². The fraction of sp³-hybridized carbons (Fsp3) is 0.500. The SMILES string of the molecule is CC(C)O[PH](=O)c1ccc(C(=O)C(C)(C)C)cc1. The molecule has 0 bridgehead atoms. The molecule has 0 saturated heterocycles. The highest BCUT2D eigenvalue weighted by molar-refractivity contribution is 7.48. The maximum Gasteiger partial charge on any atom is 0.220 e. The van der Waals surface area contributed by atoms with Crippen LogP contribution in [0.2, 0.25) is 0 Å². The van der Waals surface area contributed by atoms with Crippen molar-refractivity contribution in [1.29, 1.82) is 0 Å². The van der Waals surface area contributed by atoms with Gasteiger partial charge >= 0.3 is 0 Å². The number of hydrogen-bond donors (Lipinski definition) is 0. The first-order valence-corrected chi connectivity index (χ1v) is 7.39. The zero-order valence-corrected chi connectivity index (χ0v) is 12.6. The molecule has 1 unspecified atom stereocenters. The van der Waals surface area contributed by atoms with Gasteiger partial charge in [-0.1, -0.05) is 32.9 Å². The lowest BCUT2D eigenvalue weighted by molar-refractivity contribution is 0.0858. The summed E-state index contributed by atoms with van der Waals surface area (Å²) in [6, 6.07) is 6.86. The van der Waals surface area contributed by atoms with E-state index in [0.29, 0.717) is 10.9 Å². The van der Waals surface area contributed by atoms with Crippen LogP contribution in [0.4, 0.5) is 0 Å². The minimum Gasteiger partial charge on any atom is -0.325 e. The molecule has 0 N–H and O–H groups in total. The Morgan fingerprint density at radius 3 is 2.06 bits per heavy atom. The largest absolute Gasteiger partial charge is 0.325 e. The number of rotatable bonds is 4. The molecule has 0 heterocycles. The maximum absolute atomic E-state index is 12.0. The van der Waals surface area contributed by atoms with Crippen molar-refractivity contribution in [3.05, 3.63) is 29.8 Å². The fourth-order valence-electron chi connectivity index (χ4n) is 1.47. The van der Waals surface area contributed by atoms with Gasteiger partial charge in [0.1, 0.15) is 0 Å². The van der Waals surface area contributed by atoms with E-state index in [-0.39, 0.29) is 11.9 Å². The third-order valence-electron chi connectivity index (χ3n) is 2.41. The van der Waals surface area contributed by atoms with Crippen molar-refractivity contribution in [2.24, 2.45) is 5.41 Å². The van der Waals surface area contributed by atoms with Gasteiger partial charge in [0.15, 0.2) is 5.78 Å². The molecule has 0 amide bonds. The minimum absolute atomic E-state index is 0.0627. The van der Waals surface area contributed by atoms with Crippen LogP contribution in [0.5, 0.6) is 0 Å². The Labute approximate surface area is 109 Å². The molecule has 0 saturated carbocycles. The van der Waals surface area contributed by atoms with Crippen LogP contribution in [0.25, 0.3) is 0 Å². The van der Waals surface area contributed by atoms with E-state index in [0.717, 1.165) is 0 Å². The topological polar surface area (TPSA) is 43.4 Å². The standard InChI is InChI=1S/C14H21O3P/c1-10(2)17-18(16)12-8-6-11(7-9-12)13(15)14(3,4)5/h6-10,18H,1-5H3. The highest BCUT2D eigenvalue weighted by Gasteiger charge is 2.22. The smallest absolute Gasteiger partial charge is 0.220 e. The first-order chi connectivity index (χ1) is 8.21. The quantitative estimate of drug-likeness (QED) is 0.620. The van der Waals surface area contributed by atoms with Gasteiger partial charge in [0.05, 0.1) is 6.10 Å². The highest BCUT2D eigenvalue weighted by atomic mass is 31.1. The predicted octanol–water partition coefficient (Wildman–Crippen LogP) is 3.44. The molecular formula is C14H21O3P. The van der Waals surface area contributed by atoms with Crippen LogP contribution in [0.3, 0.4) is 0 Å². The first kappa shape index (κ1) is 15.1. The van der Waals surface area contributed by atoms with E-state index in [4.69, 9.17) is 4.52 Å². The van der Waals surface area contributed by atoms with Gasteiger partial charge < -0.3 is 4.52 Å². The van der Waals surface area contributed by atoms with Crippen molar-refractivity contribution in [3.63, 3.8) is 0 Å². The Balaban J connectivity index is 2.87. The van der Waals surface area contributed by atoms with Gasteiger partial charge in [-0.05, 0) is 26.0 Å². The van der Waals surface area contributed by atoms with Crippen LogP contribution in [-0.2, 0) is 9.09 Å². The summed E-state index contributed by atoms with van der Waals surface area (Å²) >= 11 is 0. The molecule has 0 radical (unpaired) electrons. The van der Waals surface area contributed by atoms with E-state index in [1.807, 2.05) is 34.6 Å². The zero-order valence-electron chi connectivity index (χ0n) is 11.6. The van der Waals surface area contributed by atoms with E-state index < -0.39 is 13.4 Å². The Kier molecular flexibility index (Phi) is 4.89. The van der Waals surface area contributed by atoms with Gasteiger partial charge in [-0.15, -0.1) is 0 Å². The highest BCUT2D eigenvalue weighted by Crippen LogP contribution is 2.25.